The summed E-state index contributed by atoms with van der Waals surface area (Å²) in [6, 6.07) is 15.7. The Balaban J connectivity index is 1.26. The number of rotatable bonds is 6. The Bertz CT molecular complexity index is 1320. The van der Waals surface area contributed by atoms with Gasteiger partial charge in [0.1, 0.15) is 5.75 Å². The van der Waals surface area contributed by atoms with E-state index in [1.807, 2.05) is 24.6 Å². The third kappa shape index (κ3) is 3.83. The molecule has 0 radical (unpaired) electrons. The Morgan fingerprint density at radius 2 is 1.64 bits per heavy atom. The van der Waals surface area contributed by atoms with Crippen molar-refractivity contribution in [1.29, 1.82) is 0 Å². The van der Waals surface area contributed by atoms with Crippen molar-refractivity contribution in [2.45, 2.75) is 57.8 Å². The molecule has 1 aromatic heterocycles. The van der Waals surface area contributed by atoms with E-state index < -0.39 is 0 Å². The van der Waals surface area contributed by atoms with Gasteiger partial charge in [-0.2, -0.15) is 0 Å². The van der Waals surface area contributed by atoms with E-state index in [9.17, 15) is 10.1 Å². The van der Waals surface area contributed by atoms with Crippen molar-refractivity contribution in [3.8, 4) is 11.4 Å². The summed E-state index contributed by atoms with van der Waals surface area (Å²) in [5.74, 6) is 3.41. The monoisotopic (exact) mass is 483 g/mol. The molecule has 0 spiro atoms. The van der Waals surface area contributed by atoms with E-state index in [1.54, 1.807) is 19.2 Å². The van der Waals surface area contributed by atoms with E-state index >= 15 is 0 Å². The first-order valence-corrected chi connectivity index (χ1v) is 13.0. The number of hydrogen-bond acceptors (Lipinski definition) is 4. The molecule has 186 valence electrons. The summed E-state index contributed by atoms with van der Waals surface area (Å²) in [6.45, 7) is 3.99. The van der Waals surface area contributed by atoms with E-state index in [0.29, 0.717) is 16.9 Å². The molecule has 4 fully saturated rings. The predicted octanol–water partition coefficient (Wildman–Crippen LogP) is 7.23. The first kappa shape index (κ1) is 23.0. The summed E-state index contributed by atoms with van der Waals surface area (Å²) < 4.78 is 7.49. The molecule has 4 aliphatic carbocycles. The second-order valence-corrected chi connectivity index (χ2v) is 11.3. The predicted molar refractivity (Wildman–Crippen MR) is 142 cm³/mol. The summed E-state index contributed by atoms with van der Waals surface area (Å²) in [5.41, 5.74) is 6.45. The van der Waals surface area contributed by atoms with Gasteiger partial charge in [-0.15, -0.1) is 0 Å². The Hall–Kier alpha value is -3.41. The molecule has 0 atom stereocenters. The van der Waals surface area contributed by atoms with Crippen molar-refractivity contribution in [1.82, 2.24) is 4.57 Å². The Labute approximate surface area is 212 Å². The number of aryl methyl sites for hydroxylation is 1. The van der Waals surface area contributed by atoms with Crippen LogP contribution in [0.1, 0.15) is 61.0 Å². The van der Waals surface area contributed by atoms with Crippen molar-refractivity contribution in [2.24, 2.45) is 22.7 Å². The van der Waals surface area contributed by atoms with Gasteiger partial charge in [0.25, 0.3) is 5.69 Å². The van der Waals surface area contributed by atoms with Crippen LogP contribution >= 0.6 is 0 Å². The number of ether oxygens (including phenoxy) is 1. The zero-order valence-corrected chi connectivity index (χ0v) is 21.2. The number of nitro groups is 1. The molecule has 7 rings (SSSR count). The van der Waals surface area contributed by atoms with E-state index in [1.165, 1.54) is 50.2 Å². The fourth-order valence-corrected chi connectivity index (χ4v) is 7.77. The second kappa shape index (κ2) is 8.61. The zero-order valence-electron chi connectivity index (χ0n) is 21.2. The van der Waals surface area contributed by atoms with Crippen molar-refractivity contribution in [3.05, 3.63) is 81.2 Å². The number of methoxy groups -OCH3 is 1. The van der Waals surface area contributed by atoms with Gasteiger partial charge in [-0.1, -0.05) is 12.1 Å². The van der Waals surface area contributed by atoms with Crippen LogP contribution in [-0.2, 0) is 5.41 Å². The van der Waals surface area contributed by atoms with E-state index in [-0.39, 0.29) is 10.6 Å². The van der Waals surface area contributed by atoms with E-state index in [4.69, 9.17) is 9.73 Å². The minimum absolute atomic E-state index is 0.0348. The number of aliphatic imine (C=N–C) groups is 1. The molecule has 0 saturated heterocycles. The number of nitro benzene ring substituents is 1. The van der Waals surface area contributed by atoms with Gasteiger partial charge in [0.05, 0.1) is 23.4 Å². The average molecular weight is 484 g/mol. The van der Waals surface area contributed by atoms with Gasteiger partial charge in [0.15, 0.2) is 0 Å². The molecule has 1 heterocycles. The molecule has 3 aromatic rings. The fourth-order valence-electron chi connectivity index (χ4n) is 7.77. The van der Waals surface area contributed by atoms with Crippen molar-refractivity contribution in [2.75, 3.05) is 7.11 Å². The van der Waals surface area contributed by atoms with Crippen molar-refractivity contribution in [3.63, 3.8) is 0 Å². The number of non-ortho nitro benzene ring substituents is 1. The summed E-state index contributed by atoms with van der Waals surface area (Å²) in [5, 5.41) is 11.4. The largest absolute Gasteiger partial charge is 0.495 e. The van der Waals surface area contributed by atoms with Crippen molar-refractivity contribution >= 4 is 17.6 Å². The number of hydrogen-bond donors (Lipinski definition) is 0. The van der Waals surface area contributed by atoms with Gasteiger partial charge in [0, 0.05) is 35.3 Å². The van der Waals surface area contributed by atoms with Crippen LogP contribution in [0.3, 0.4) is 0 Å². The van der Waals surface area contributed by atoms with Crippen LogP contribution < -0.4 is 4.74 Å². The smallest absolute Gasteiger partial charge is 0.271 e. The maximum absolute atomic E-state index is 11.4. The van der Waals surface area contributed by atoms with Gasteiger partial charge in [-0.25, -0.2) is 0 Å². The Morgan fingerprint density at radius 3 is 2.22 bits per heavy atom. The molecule has 4 aliphatic rings. The summed E-state index contributed by atoms with van der Waals surface area (Å²) in [6.07, 6.45) is 10.4. The molecule has 2 aromatic carbocycles. The lowest BCUT2D eigenvalue weighted by Crippen LogP contribution is -2.48. The maximum Gasteiger partial charge on any atom is 0.271 e. The molecule has 0 N–H and O–H groups in total. The highest BCUT2D eigenvalue weighted by atomic mass is 16.6. The van der Waals surface area contributed by atoms with Crippen LogP contribution in [0.15, 0.2) is 53.5 Å². The van der Waals surface area contributed by atoms with Crippen LogP contribution in [0.25, 0.3) is 5.69 Å². The highest BCUT2D eigenvalue weighted by Gasteiger charge is 2.51. The molecule has 0 amide bonds. The lowest BCUT2D eigenvalue weighted by Gasteiger charge is -2.57. The van der Waals surface area contributed by atoms with Crippen LogP contribution in [0.5, 0.6) is 5.75 Å². The van der Waals surface area contributed by atoms with Crippen LogP contribution in [0.4, 0.5) is 11.4 Å². The number of nitrogens with zero attached hydrogens (tertiary/aromatic N) is 3. The molecular formula is C30H33N3O3. The van der Waals surface area contributed by atoms with Gasteiger partial charge in [0.2, 0.25) is 0 Å². The van der Waals surface area contributed by atoms with Gasteiger partial charge in [-0.05, 0) is 105 Å². The van der Waals surface area contributed by atoms with E-state index in [0.717, 1.165) is 40.4 Å². The minimum atomic E-state index is -0.382. The summed E-state index contributed by atoms with van der Waals surface area (Å²) >= 11 is 0. The lowest BCUT2D eigenvalue weighted by atomic mass is 9.48. The van der Waals surface area contributed by atoms with Gasteiger partial charge < -0.3 is 9.30 Å². The first-order valence-electron chi connectivity index (χ1n) is 13.0. The maximum atomic E-state index is 11.4. The summed E-state index contributed by atoms with van der Waals surface area (Å²) in [4.78, 5) is 15.8. The average Bonchev–Trinajstić information content (AvgIpc) is 3.14. The topological polar surface area (TPSA) is 69.7 Å². The molecule has 6 heteroatoms. The highest BCUT2D eigenvalue weighted by Crippen LogP contribution is 2.60. The number of aromatic nitrogens is 1. The van der Waals surface area contributed by atoms with E-state index in [2.05, 4.69) is 30.3 Å². The number of benzene rings is 2. The Kier molecular flexibility index (Phi) is 5.51. The molecule has 36 heavy (non-hydrogen) atoms. The van der Waals surface area contributed by atoms with Crippen molar-refractivity contribution < 1.29 is 9.66 Å². The van der Waals surface area contributed by atoms with Crippen LogP contribution in [0, 0.1) is 41.7 Å². The molecule has 4 saturated carbocycles. The molecule has 0 aliphatic heterocycles. The third-order valence-corrected chi connectivity index (χ3v) is 8.96. The zero-order chi connectivity index (χ0) is 25.0. The van der Waals surface area contributed by atoms with Gasteiger partial charge >= 0.3 is 0 Å². The molecule has 6 nitrogen and oxygen atoms in total. The van der Waals surface area contributed by atoms with Crippen LogP contribution in [-0.4, -0.2) is 22.8 Å². The van der Waals surface area contributed by atoms with Gasteiger partial charge in [-0.3, -0.25) is 15.1 Å². The first-order chi connectivity index (χ1) is 17.3. The quantitative estimate of drug-likeness (QED) is 0.211. The Morgan fingerprint density at radius 1 is 1.00 bits per heavy atom. The standard InChI is InChI=1S/C30H33N3O3/c1-19-10-24(20(2)32(19)28-14-27(33(34)35)8-9-29(28)36-3)18-31-26-6-4-25(5-7-26)30-15-21-11-22(16-30)13-23(12-21)17-30/h4-10,14,18,21-23H,11-13,15-17H2,1-3H3. The highest BCUT2D eigenvalue weighted by molar-refractivity contribution is 5.84. The normalized spacial score (nSPS) is 26.6. The third-order valence-electron chi connectivity index (χ3n) is 8.96. The SMILES string of the molecule is COc1ccc([N+](=O)[O-])cc1-n1c(C)cc(C=Nc2ccc(C34CC5CC(CC(C5)C3)C4)cc2)c1C. The van der Waals surface area contributed by atoms with Crippen LogP contribution in [0.2, 0.25) is 0 Å². The fraction of sp³-hybridized carbons (Fsp3) is 0.433. The minimum Gasteiger partial charge on any atom is -0.495 e. The summed E-state index contributed by atoms with van der Waals surface area (Å²) in [7, 11) is 1.58. The molecular weight excluding hydrogens is 450 g/mol. The molecule has 4 bridgehead atoms. The second-order valence-electron chi connectivity index (χ2n) is 11.3. The molecule has 0 unspecified atom stereocenters. The lowest BCUT2D eigenvalue weighted by molar-refractivity contribution is -0.384.